The van der Waals surface area contributed by atoms with Gasteiger partial charge in [0, 0.05) is 18.0 Å². The zero-order valence-corrected chi connectivity index (χ0v) is 13.1. The van der Waals surface area contributed by atoms with Gasteiger partial charge in [0.2, 0.25) is 0 Å². The molecule has 1 N–H and O–H groups in total. The van der Waals surface area contributed by atoms with Crippen LogP contribution in [0.1, 0.15) is 31.7 Å². The second-order valence-corrected chi connectivity index (χ2v) is 6.92. The second-order valence-electron chi connectivity index (χ2n) is 6.08. The molecule has 0 radical (unpaired) electrons. The Morgan fingerprint density at radius 3 is 2.50 bits per heavy atom. The lowest BCUT2D eigenvalue weighted by Crippen LogP contribution is -2.37. The molecular weight excluding hydrogens is 270 g/mol. The third kappa shape index (κ3) is 2.91. The molecule has 0 spiro atoms. The smallest absolute Gasteiger partial charge is 0.162 e. The van der Waals surface area contributed by atoms with Crippen LogP contribution < -0.4 is 14.8 Å². The van der Waals surface area contributed by atoms with Crippen LogP contribution in [0.25, 0.3) is 0 Å². The van der Waals surface area contributed by atoms with Crippen molar-refractivity contribution in [3.05, 3.63) is 17.7 Å². The lowest BCUT2D eigenvalue weighted by atomic mass is 9.70. The molecule has 1 aromatic rings. The van der Waals surface area contributed by atoms with Crippen LogP contribution in [0.3, 0.4) is 0 Å². The number of hydrogen-bond donors (Lipinski definition) is 1. The van der Waals surface area contributed by atoms with Crippen LogP contribution >= 0.6 is 11.8 Å². The van der Waals surface area contributed by atoms with Crippen molar-refractivity contribution in [2.24, 2.45) is 5.41 Å². The van der Waals surface area contributed by atoms with Crippen molar-refractivity contribution in [1.29, 1.82) is 0 Å². The molecule has 0 saturated heterocycles. The van der Waals surface area contributed by atoms with Crippen molar-refractivity contribution in [2.45, 2.75) is 37.6 Å². The Bertz CT molecular complexity index is 486. The van der Waals surface area contributed by atoms with Crippen LogP contribution in [0.4, 0.5) is 0 Å². The topological polar surface area (TPSA) is 30.5 Å². The number of rotatable bonds is 5. The normalized spacial score (nSPS) is 19.5. The fourth-order valence-electron chi connectivity index (χ4n) is 2.90. The molecule has 1 aliphatic carbocycles. The van der Waals surface area contributed by atoms with Crippen molar-refractivity contribution in [1.82, 2.24) is 5.32 Å². The number of hydrogen-bond acceptors (Lipinski definition) is 4. The molecule has 1 aromatic carbocycles. The predicted molar refractivity (Wildman–Crippen MR) is 82.9 cm³/mol. The summed E-state index contributed by atoms with van der Waals surface area (Å²) in [5.41, 5.74) is 1.83. The Hall–Kier alpha value is -0.870. The van der Waals surface area contributed by atoms with Crippen LogP contribution in [0.2, 0.25) is 0 Å². The summed E-state index contributed by atoms with van der Waals surface area (Å²) >= 11 is 1.77. The van der Waals surface area contributed by atoms with Crippen molar-refractivity contribution in [3.63, 3.8) is 0 Å². The van der Waals surface area contributed by atoms with Gasteiger partial charge in [-0.3, -0.25) is 0 Å². The Morgan fingerprint density at radius 1 is 1.20 bits per heavy atom. The van der Waals surface area contributed by atoms with Gasteiger partial charge in [-0.2, -0.15) is 0 Å². The number of ether oxygens (including phenoxy) is 2. The van der Waals surface area contributed by atoms with Gasteiger partial charge in [0.05, 0.1) is 0 Å². The highest BCUT2D eigenvalue weighted by atomic mass is 32.2. The molecular formula is C16H23NO2S. The summed E-state index contributed by atoms with van der Waals surface area (Å²) in [5.74, 6) is 1.77. The number of fused-ring (bicyclic) bond motifs is 1. The van der Waals surface area contributed by atoms with Crippen LogP contribution in [-0.2, 0) is 6.54 Å². The van der Waals surface area contributed by atoms with Gasteiger partial charge in [-0.05, 0) is 42.2 Å². The summed E-state index contributed by atoms with van der Waals surface area (Å²) < 4.78 is 11.3. The van der Waals surface area contributed by atoms with E-state index in [1.165, 1.54) is 29.7 Å². The molecule has 3 rings (SSSR count). The van der Waals surface area contributed by atoms with Gasteiger partial charge < -0.3 is 14.8 Å². The summed E-state index contributed by atoms with van der Waals surface area (Å²) in [4.78, 5) is 1.28. The van der Waals surface area contributed by atoms with Gasteiger partial charge >= 0.3 is 0 Å². The fraction of sp³-hybridized carbons (Fsp3) is 0.625. The summed E-state index contributed by atoms with van der Waals surface area (Å²) in [7, 11) is 0. The fourth-order valence-corrected chi connectivity index (χ4v) is 3.51. The lowest BCUT2D eigenvalue weighted by molar-refractivity contribution is 0.156. The molecule has 1 aliphatic heterocycles. The van der Waals surface area contributed by atoms with E-state index in [1.54, 1.807) is 11.8 Å². The first-order chi connectivity index (χ1) is 9.70. The summed E-state index contributed by atoms with van der Waals surface area (Å²) in [6.45, 7) is 5.69. The standard InChI is InChI=1S/C16H23NO2S/c1-16(4-3-5-16)11-17-10-12-8-13-14(9-15(12)20-2)19-7-6-18-13/h8-9,17H,3-7,10-11H2,1-2H3. The minimum absolute atomic E-state index is 0.521. The number of thioether (sulfide) groups is 1. The van der Waals surface area contributed by atoms with Gasteiger partial charge in [0.15, 0.2) is 11.5 Å². The molecule has 4 heteroatoms. The van der Waals surface area contributed by atoms with Gasteiger partial charge in [-0.25, -0.2) is 0 Å². The van der Waals surface area contributed by atoms with Gasteiger partial charge in [-0.15, -0.1) is 11.8 Å². The molecule has 2 aliphatic rings. The largest absolute Gasteiger partial charge is 0.486 e. The zero-order valence-electron chi connectivity index (χ0n) is 12.3. The van der Waals surface area contributed by atoms with Gasteiger partial charge in [0.25, 0.3) is 0 Å². The molecule has 0 atom stereocenters. The van der Waals surface area contributed by atoms with Crippen LogP contribution in [-0.4, -0.2) is 26.0 Å². The number of benzene rings is 1. The molecule has 0 bridgehead atoms. The lowest BCUT2D eigenvalue weighted by Gasteiger charge is -2.38. The Kier molecular flexibility index (Phi) is 4.13. The number of nitrogens with one attached hydrogen (secondary N) is 1. The van der Waals surface area contributed by atoms with Gasteiger partial charge in [0.1, 0.15) is 13.2 Å². The Balaban J connectivity index is 1.68. The first-order valence-electron chi connectivity index (χ1n) is 7.37. The highest BCUT2D eigenvalue weighted by molar-refractivity contribution is 7.98. The zero-order chi connectivity index (χ0) is 14.0. The molecule has 0 aromatic heterocycles. The van der Waals surface area contributed by atoms with Crippen molar-refractivity contribution >= 4 is 11.8 Å². The van der Waals surface area contributed by atoms with E-state index in [4.69, 9.17) is 9.47 Å². The minimum atomic E-state index is 0.521. The van der Waals surface area contributed by atoms with Crippen LogP contribution in [0.5, 0.6) is 11.5 Å². The maximum atomic E-state index is 5.68. The highest BCUT2D eigenvalue weighted by Gasteiger charge is 2.31. The van der Waals surface area contributed by atoms with E-state index < -0.39 is 0 Å². The van der Waals surface area contributed by atoms with Crippen molar-refractivity contribution < 1.29 is 9.47 Å². The minimum Gasteiger partial charge on any atom is -0.486 e. The molecule has 1 fully saturated rings. The molecule has 0 amide bonds. The van der Waals surface area contributed by atoms with E-state index in [0.29, 0.717) is 18.6 Å². The van der Waals surface area contributed by atoms with E-state index >= 15 is 0 Å². The third-order valence-corrected chi connectivity index (χ3v) is 5.19. The van der Waals surface area contributed by atoms with E-state index in [0.717, 1.165) is 24.6 Å². The molecule has 0 unspecified atom stereocenters. The van der Waals surface area contributed by atoms with Gasteiger partial charge in [-0.1, -0.05) is 13.3 Å². The third-order valence-electron chi connectivity index (χ3n) is 4.37. The maximum Gasteiger partial charge on any atom is 0.162 e. The second kappa shape index (κ2) is 5.86. The van der Waals surface area contributed by atoms with Crippen molar-refractivity contribution in [3.8, 4) is 11.5 Å². The molecule has 20 heavy (non-hydrogen) atoms. The molecule has 1 heterocycles. The van der Waals surface area contributed by atoms with Crippen LogP contribution in [0.15, 0.2) is 17.0 Å². The maximum absolute atomic E-state index is 5.68. The van der Waals surface area contributed by atoms with E-state index in [-0.39, 0.29) is 0 Å². The highest BCUT2D eigenvalue weighted by Crippen LogP contribution is 2.40. The van der Waals surface area contributed by atoms with E-state index in [1.807, 2.05) is 0 Å². The SMILES string of the molecule is CSc1cc2c(cc1CNCC1(C)CCC1)OCCO2. The summed E-state index contributed by atoms with van der Waals surface area (Å²) in [5, 5.41) is 3.62. The summed E-state index contributed by atoms with van der Waals surface area (Å²) in [6, 6.07) is 4.25. The first kappa shape index (κ1) is 14.1. The average Bonchev–Trinajstić information content (AvgIpc) is 2.44. The van der Waals surface area contributed by atoms with Crippen LogP contribution in [0, 0.1) is 5.41 Å². The molecule has 110 valence electrons. The predicted octanol–water partition coefficient (Wildman–Crippen LogP) is 3.46. The average molecular weight is 293 g/mol. The van der Waals surface area contributed by atoms with E-state index in [9.17, 15) is 0 Å². The molecule has 3 nitrogen and oxygen atoms in total. The Labute approximate surface area is 125 Å². The van der Waals surface area contributed by atoms with E-state index in [2.05, 4.69) is 30.6 Å². The Morgan fingerprint density at radius 2 is 1.90 bits per heavy atom. The summed E-state index contributed by atoms with van der Waals surface area (Å²) in [6.07, 6.45) is 6.22. The quantitative estimate of drug-likeness (QED) is 0.842. The monoisotopic (exact) mass is 293 g/mol. The molecule has 1 saturated carbocycles. The first-order valence-corrected chi connectivity index (χ1v) is 8.60. The van der Waals surface area contributed by atoms with Crippen molar-refractivity contribution in [2.75, 3.05) is 26.0 Å².